The van der Waals surface area contributed by atoms with E-state index in [1.807, 2.05) is 0 Å². The lowest BCUT2D eigenvalue weighted by atomic mass is 9.71. The summed E-state index contributed by atoms with van der Waals surface area (Å²) in [7, 11) is 0. The first kappa shape index (κ1) is 14.5. The molecule has 0 aromatic rings. The minimum Gasteiger partial charge on any atom is -0.296 e. The second-order valence-corrected chi connectivity index (χ2v) is 6.23. The van der Waals surface area contributed by atoms with Gasteiger partial charge in [0, 0.05) is 0 Å². The Morgan fingerprint density at radius 3 is 2.53 bits per heavy atom. The minimum absolute atomic E-state index is 0.00288. The summed E-state index contributed by atoms with van der Waals surface area (Å²) in [6.07, 6.45) is 12.1. The van der Waals surface area contributed by atoms with Gasteiger partial charge in [0.1, 0.15) is 0 Å². The third kappa shape index (κ3) is 3.58. The summed E-state index contributed by atoms with van der Waals surface area (Å²) in [5.41, 5.74) is 0. The van der Waals surface area contributed by atoms with E-state index in [1.165, 1.54) is 38.5 Å². The summed E-state index contributed by atoms with van der Waals surface area (Å²) in [5.74, 6) is 0.438. The highest BCUT2D eigenvalue weighted by molar-refractivity contribution is 6.05. The molecule has 0 aromatic heterocycles. The first-order chi connectivity index (χ1) is 9.24. The summed E-state index contributed by atoms with van der Waals surface area (Å²) < 4.78 is 0. The maximum atomic E-state index is 11.9. The van der Waals surface area contributed by atoms with Crippen LogP contribution in [0.1, 0.15) is 71.1 Å². The van der Waals surface area contributed by atoms with Gasteiger partial charge in [0.05, 0.1) is 11.8 Å². The fourth-order valence-corrected chi connectivity index (χ4v) is 3.79. The first-order valence-corrected chi connectivity index (χ1v) is 8.08. The predicted octanol–water partition coefficient (Wildman–Crippen LogP) is 3.43. The van der Waals surface area contributed by atoms with E-state index in [0.717, 1.165) is 25.7 Å². The third-order valence-electron chi connectivity index (χ3n) is 4.85. The van der Waals surface area contributed by atoms with Crippen LogP contribution < -0.4 is 5.32 Å². The number of hydrogen-bond acceptors (Lipinski definition) is 2. The number of nitrogens with one attached hydrogen (secondary N) is 1. The Labute approximate surface area is 116 Å². The summed E-state index contributed by atoms with van der Waals surface area (Å²) in [6.45, 7) is 2.23. The second-order valence-electron chi connectivity index (χ2n) is 6.23. The van der Waals surface area contributed by atoms with Crippen LogP contribution in [-0.4, -0.2) is 11.8 Å². The second kappa shape index (κ2) is 7.06. The molecule has 1 heterocycles. The molecule has 1 saturated carbocycles. The standard InChI is InChI=1S/C16H27NO2/c1-2-3-4-5-6-7-9-12-10-8-11-13-14(12)16(19)17-15(13)18/h12-14H,2-11H2,1H3,(H,17,18,19). The highest BCUT2D eigenvalue weighted by Crippen LogP contribution is 2.40. The van der Waals surface area contributed by atoms with E-state index >= 15 is 0 Å². The molecule has 2 rings (SSSR count). The van der Waals surface area contributed by atoms with E-state index in [-0.39, 0.29) is 23.7 Å². The smallest absolute Gasteiger partial charge is 0.230 e. The Kier molecular flexibility index (Phi) is 5.41. The number of amides is 2. The van der Waals surface area contributed by atoms with E-state index in [1.54, 1.807) is 0 Å². The molecule has 2 amide bonds. The van der Waals surface area contributed by atoms with Crippen molar-refractivity contribution in [1.82, 2.24) is 5.32 Å². The number of carbonyl (C=O) groups excluding carboxylic acids is 2. The van der Waals surface area contributed by atoms with Gasteiger partial charge in [-0.15, -0.1) is 0 Å². The summed E-state index contributed by atoms with van der Waals surface area (Å²) >= 11 is 0. The lowest BCUT2D eigenvalue weighted by Crippen LogP contribution is -2.30. The van der Waals surface area contributed by atoms with Crippen molar-refractivity contribution in [3.8, 4) is 0 Å². The number of imide groups is 1. The van der Waals surface area contributed by atoms with Gasteiger partial charge < -0.3 is 0 Å². The molecule has 0 spiro atoms. The molecule has 1 aliphatic carbocycles. The van der Waals surface area contributed by atoms with Crippen LogP contribution in [-0.2, 0) is 9.59 Å². The van der Waals surface area contributed by atoms with Crippen LogP contribution in [0.25, 0.3) is 0 Å². The molecule has 3 heteroatoms. The van der Waals surface area contributed by atoms with Crippen molar-refractivity contribution in [1.29, 1.82) is 0 Å². The van der Waals surface area contributed by atoms with Crippen LogP contribution in [0.5, 0.6) is 0 Å². The average molecular weight is 265 g/mol. The largest absolute Gasteiger partial charge is 0.296 e. The predicted molar refractivity (Wildman–Crippen MR) is 75.5 cm³/mol. The van der Waals surface area contributed by atoms with E-state index < -0.39 is 0 Å². The lowest BCUT2D eigenvalue weighted by Gasteiger charge is -2.30. The van der Waals surface area contributed by atoms with Gasteiger partial charge in [-0.05, 0) is 25.2 Å². The Balaban J connectivity index is 1.74. The van der Waals surface area contributed by atoms with Crippen molar-refractivity contribution < 1.29 is 9.59 Å². The monoisotopic (exact) mass is 265 g/mol. The number of carbonyl (C=O) groups is 2. The molecule has 0 bridgehead atoms. The average Bonchev–Trinajstić information content (AvgIpc) is 2.70. The fourth-order valence-electron chi connectivity index (χ4n) is 3.79. The molecular weight excluding hydrogens is 238 g/mol. The van der Waals surface area contributed by atoms with Gasteiger partial charge in [0.2, 0.25) is 11.8 Å². The van der Waals surface area contributed by atoms with Crippen molar-refractivity contribution in [3.63, 3.8) is 0 Å². The Morgan fingerprint density at radius 1 is 1.00 bits per heavy atom. The number of rotatable bonds is 7. The SMILES string of the molecule is CCCCCCCCC1CCCC2C(=O)NC(=O)C12. The Bertz CT molecular complexity index is 327. The normalized spacial score (nSPS) is 30.3. The maximum Gasteiger partial charge on any atom is 0.230 e. The molecule has 3 unspecified atom stereocenters. The zero-order valence-electron chi connectivity index (χ0n) is 12.1. The van der Waals surface area contributed by atoms with Gasteiger partial charge in [0.15, 0.2) is 0 Å². The van der Waals surface area contributed by atoms with Crippen LogP contribution in [0.15, 0.2) is 0 Å². The van der Waals surface area contributed by atoms with Crippen LogP contribution in [0.2, 0.25) is 0 Å². The van der Waals surface area contributed by atoms with E-state index in [0.29, 0.717) is 5.92 Å². The van der Waals surface area contributed by atoms with Crippen molar-refractivity contribution in [2.45, 2.75) is 71.1 Å². The molecule has 2 aliphatic rings. The molecule has 3 nitrogen and oxygen atoms in total. The van der Waals surface area contributed by atoms with E-state index in [9.17, 15) is 9.59 Å². The number of unbranched alkanes of at least 4 members (excludes halogenated alkanes) is 5. The van der Waals surface area contributed by atoms with Crippen molar-refractivity contribution in [2.75, 3.05) is 0 Å². The van der Waals surface area contributed by atoms with E-state index in [2.05, 4.69) is 12.2 Å². The number of hydrogen-bond donors (Lipinski definition) is 1. The van der Waals surface area contributed by atoms with Crippen molar-refractivity contribution in [2.24, 2.45) is 17.8 Å². The molecule has 1 aliphatic heterocycles. The fraction of sp³-hybridized carbons (Fsp3) is 0.875. The molecular formula is C16H27NO2. The minimum atomic E-state index is -0.0114. The van der Waals surface area contributed by atoms with Gasteiger partial charge in [-0.2, -0.15) is 0 Å². The highest BCUT2D eigenvalue weighted by Gasteiger charge is 2.47. The van der Waals surface area contributed by atoms with Gasteiger partial charge >= 0.3 is 0 Å². The van der Waals surface area contributed by atoms with Crippen molar-refractivity contribution in [3.05, 3.63) is 0 Å². The molecule has 2 fully saturated rings. The zero-order chi connectivity index (χ0) is 13.7. The first-order valence-electron chi connectivity index (χ1n) is 8.08. The molecule has 19 heavy (non-hydrogen) atoms. The summed E-state index contributed by atoms with van der Waals surface area (Å²) in [4.78, 5) is 23.6. The molecule has 0 radical (unpaired) electrons. The topological polar surface area (TPSA) is 46.2 Å². The molecule has 1 saturated heterocycles. The van der Waals surface area contributed by atoms with Gasteiger partial charge in [-0.1, -0.05) is 51.9 Å². The van der Waals surface area contributed by atoms with E-state index in [4.69, 9.17) is 0 Å². The van der Waals surface area contributed by atoms with Crippen LogP contribution in [0.4, 0.5) is 0 Å². The Morgan fingerprint density at radius 2 is 1.74 bits per heavy atom. The zero-order valence-corrected chi connectivity index (χ0v) is 12.1. The molecule has 108 valence electrons. The molecule has 1 N–H and O–H groups in total. The van der Waals surface area contributed by atoms with Crippen molar-refractivity contribution >= 4 is 11.8 Å². The van der Waals surface area contributed by atoms with Crippen LogP contribution >= 0.6 is 0 Å². The van der Waals surface area contributed by atoms with Crippen LogP contribution in [0.3, 0.4) is 0 Å². The third-order valence-corrected chi connectivity index (χ3v) is 4.85. The highest BCUT2D eigenvalue weighted by atomic mass is 16.2. The molecule has 3 atom stereocenters. The van der Waals surface area contributed by atoms with Gasteiger partial charge in [-0.3, -0.25) is 14.9 Å². The van der Waals surface area contributed by atoms with Gasteiger partial charge in [0.25, 0.3) is 0 Å². The summed E-state index contributed by atoms with van der Waals surface area (Å²) in [5, 5.41) is 2.53. The van der Waals surface area contributed by atoms with Crippen LogP contribution in [0, 0.1) is 17.8 Å². The lowest BCUT2D eigenvalue weighted by molar-refractivity contribution is -0.126. The Hall–Kier alpha value is -0.860. The van der Waals surface area contributed by atoms with Gasteiger partial charge in [-0.25, -0.2) is 0 Å². The molecule has 0 aromatic carbocycles. The quantitative estimate of drug-likeness (QED) is 0.566. The summed E-state index contributed by atoms with van der Waals surface area (Å²) in [6, 6.07) is 0. The maximum absolute atomic E-state index is 11.9. The number of fused-ring (bicyclic) bond motifs is 1.